The number of ketones is 1. The number of hydrogen-bond donors (Lipinski definition) is 0. The van der Waals surface area contributed by atoms with Crippen molar-refractivity contribution in [1.82, 2.24) is 4.90 Å². The molecule has 6 rings (SSSR count). The van der Waals surface area contributed by atoms with Gasteiger partial charge in [-0.2, -0.15) is 0 Å². The van der Waals surface area contributed by atoms with Crippen molar-refractivity contribution in [3.05, 3.63) is 71.5 Å². The van der Waals surface area contributed by atoms with Gasteiger partial charge < -0.3 is 26.2 Å². The van der Waals surface area contributed by atoms with Crippen LogP contribution in [0.2, 0.25) is 0 Å². The Bertz CT molecular complexity index is 1000. The highest BCUT2D eigenvalue weighted by molar-refractivity contribution is 5.97. The SMILES string of the molecule is O=C(C[N+]12CCC(CC1)[C@@H](OC(=O)C(c1ccccc1)N1CCCCC1)C2)c1ccc(F)cc1.[Br-]. The van der Waals surface area contributed by atoms with Crippen LogP contribution in [0.5, 0.6) is 0 Å². The van der Waals surface area contributed by atoms with Crippen molar-refractivity contribution in [3.8, 4) is 0 Å². The van der Waals surface area contributed by atoms with Gasteiger partial charge in [-0.05, 0) is 55.8 Å². The van der Waals surface area contributed by atoms with Gasteiger partial charge in [-0.25, -0.2) is 9.18 Å². The highest BCUT2D eigenvalue weighted by Gasteiger charge is 2.49. The Morgan fingerprint density at radius 1 is 0.971 bits per heavy atom. The van der Waals surface area contributed by atoms with E-state index in [4.69, 9.17) is 4.74 Å². The van der Waals surface area contributed by atoms with E-state index in [1.54, 1.807) is 12.1 Å². The number of nitrogens with zero attached hydrogens (tertiary/aromatic N) is 2. The fraction of sp³-hybridized carbons (Fsp3) is 0.500. The van der Waals surface area contributed by atoms with E-state index < -0.39 is 0 Å². The summed E-state index contributed by atoms with van der Waals surface area (Å²) in [5.41, 5.74) is 1.54. The lowest BCUT2D eigenvalue weighted by Gasteiger charge is -2.51. The molecule has 7 heteroatoms. The first-order valence-corrected chi connectivity index (χ1v) is 12.7. The second-order valence-electron chi connectivity index (χ2n) is 10.3. The lowest BCUT2D eigenvalue weighted by atomic mass is 9.82. The van der Waals surface area contributed by atoms with E-state index >= 15 is 0 Å². The minimum absolute atomic E-state index is 0. The van der Waals surface area contributed by atoms with Gasteiger partial charge in [0.2, 0.25) is 5.78 Å². The summed E-state index contributed by atoms with van der Waals surface area (Å²) in [6.07, 6.45) is 5.19. The molecule has 4 saturated heterocycles. The molecule has 5 nitrogen and oxygen atoms in total. The standard InChI is InChI=1S/C28H34FN2O3.BrH/c29-24-11-9-21(10-12-24)25(32)19-31-17-13-22(14-18-31)26(20-31)34-28(33)27(23-7-3-1-4-8-23)30-15-5-2-6-16-30;/h1,3-4,7-12,22,26-27H,2,5-6,13-20H2;1H/q+1;/p-1/t22?,26-,27?,31?;/m0./s1. The lowest BCUT2D eigenvalue weighted by Crippen LogP contribution is -3.00. The van der Waals surface area contributed by atoms with Gasteiger partial charge in [-0.1, -0.05) is 36.8 Å². The van der Waals surface area contributed by atoms with E-state index in [2.05, 4.69) is 4.90 Å². The molecule has 4 aliphatic heterocycles. The first-order chi connectivity index (χ1) is 16.5. The molecule has 0 amide bonds. The third-order valence-electron chi connectivity index (χ3n) is 8.05. The van der Waals surface area contributed by atoms with Gasteiger partial charge in [0.15, 0.2) is 6.10 Å². The zero-order chi connectivity index (χ0) is 23.5. The maximum Gasteiger partial charge on any atom is 0.328 e. The largest absolute Gasteiger partial charge is 1.00 e. The Kier molecular flexibility index (Phi) is 8.40. The van der Waals surface area contributed by atoms with E-state index in [9.17, 15) is 14.0 Å². The highest BCUT2D eigenvalue weighted by atomic mass is 79.9. The molecule has 4 fully saturated rings. The Morgan fingerprint density at radius 2 is 1.63 bits per heavy atom. The maximum atomic E-state index is 13.6. The first-order valence-electron chi connectivity index (χ1n) is 12.7. The first kappa shape index (κ1) is 26.0. The molecular formula is C28H34BrFN2O3. The van der Waals surface area contributed by atoms with Crippen LogP contribution in [0.1, 0.15) is 54.1 Å². The Hall–Kier alpha value is -2.09. The Balaban J connectivity index is 0.00000289. The molecule has 0 aromatic heterocycles. The van der Waals surface area contributed by atoms with E-state index in [0.717, 1.165) is 57.4 Å². The monoisotopic (exact) mass is 544 g/mol. The average molecular weight is 545 g/mol. The second-order valence-corrected chi connectivity index (χ2v) is 10.3. The minimum atomic E-state index is -0.369. The molecule has 1 unspecified atom stereocenters. The summed E-state index contributed by atoms with van der Waals surface area (Å²) >= 11 is 0. The van der Waals surface area contributed by atoms with Gasteiger partial charge in [0, 0.05) is 24.3 Å². The summed E-state index contributed by atoms with van der Waals surface area (Å²) in [7, 11) is 0. The molecule has 0 spiro atoms. The molecule has 2 aromatic rings. The lowest BCUT2D eigenvalue weighted by molar-refractivity contribution is -0.938. The zero-order valence-corrected chi connectivity index (χ0v) is 21.7. The second kappa shape index (κ2) is 11.3. The van der Waals surface area contributed by atoms with Crippen LogP contribution in [0.4, 0.5) is 4.39 Å². The highest BCUT2D eigenvalue weighted by Crippen LogP contribution is 2.37. The topological polar surface area (TPSA) is 46.6 Å². The summed E-state index contributed by atoms with van der Waals surface area (Å²) in [5, 5.41) is 0. The van der Waals surface area contributed by atoms with Gasteiger partial charge in [0.25, 0.3) is 0 Å². The number of ether oxygens (including phenoxy) is 1. The third-order valence-corrected chi connectivity index (χ3v) is 8.05. The van der Waals surface area contributed by atoms with Crippen molar-refractivity contribution in [3.63, 3.8) is 0 Å². The summed E-state index contributed by atoms with van der Waals surface area (Å²) in [4.78, 5) is 28.8. The van der Waals surface area contributed by atoms with Crippen molar-refractivity contribution < 1.29 is 40.2 Å². The van der Waals surface area contributed by atoms with E-state index in [-0.39, 0.29) is 46.7 Å². The molecule has 2 bridgehead atoms. The Morgan fingerprint density at radius 3 is 2.29 bits per heavy atom. The number of benzene rings is 2. The van der Waals surface area contributed by atoms with Crippen LogP contribution in [0.3, 0.4) is 0 Å². The molecule has 0 saturated carbocycles. The molecule has 4 aliphatic rings. The van der Waals surface area contributed by atoms with Crippen molar-refractivity contribution >= 4 is 11.8 Å². The van der Waals surface area contributed by atoms with Gasteiger partial charge in [-0.15, -0.1) is 0 Å². The smallest absolute Gasteiger partial charge is 0.328 e. The summed E-state index contributed by atoms with van der Waals surface area (Å²) < 4.78 is 20.2. The normalized spacial score (nSPS) is 27.0. The number of fused-ring (bicyclic) bond motifs is 3. The molecule has 35 heavy (non-hydrogen) atoms. The number of Topliss-reactive ketones (excluding diaryl/α,β-unsaturated/α-hetero) is 1. The molecule has 0 aliphatic carbocycles. The number of piperidine rings is 4. The maximum absolute atomic E-state index is 13.6. The number of halogens is 2. The fourth-order valence-electron chi connectivity index (χ4n) is 6.13. The predicted molar refractivity (Wildman–Crippen MR) is 128 cm³/mol. The average Bonchev–Trinajstić information content (AvgIpc) is 2.86. The Labute approximate surface area is 217 Å². The number of esters is 1. The molecular weight excluding hydrogens is 511 g/mol. The third kappa shape index (κ3) is 5.84. The van der Waals surface area contributed by atoms with Crippen LogP contribution in [-0.4, -0.2) is 66.5 Å². The number of hydrogen-bond acceptors (Lipinski definition) is 4. The van der Waals surface area contributed by atoms with Gasteiger partial charge in [-0.3, -0.25) is 9.69 Å². The van der Waals surface area contributed by atoms with Crippen molar-refractivity contribution in [2.75, 3.05) is 39.3 Å². The molecule has 2 atom stereocenters. The molecule has 0 radical (unpaired) electrons. The van der Waals surface area contributed by atoms with Gasteiger partial charge >= 0.3 is 5.97 Å². The number of carbonyl (C=O) groups excluding carboxylic acids is 2. The van der Waals surface area contributed by atoms with E-state index in [1.807, 2.05) is 30.3 Å². The van der Waals surface area contributed by atoms with Gasteiger partial charge in [0.05, 0.1) is 13.1 Å². The predicted octanol–water partition coefficient (Wildman–Crippen LogP) is 1.39. The molecule has 0 N–H and O–H groups in total. The van der Waals surface area contributed by atoms with E-state index in [1.165, 1.54) is 18.6 Å². The van der Waals surface area contributed by atoms with Crippen molar-refractivity contribution in [2.24, 2.45) is 5.92 Å². The number of likely N-dealkylation sites (tertiary alicyclic amines) is 1. The van der Waals surface area contributed by atoms with Crippen LogP contribution in [0.15, 0.2) is 54.6 Å². The molecule has 4 heterocycles. The summed E-state index contributed by atoms with van der Waals surface area (Å²) in [5.74, 6) is -0.102. The summed E-state index contributed by atoms with van der Waals surface area (Å²) in [6.45, 7) is 4.75. The minimum Gasteiger partial charge on any atom is -1.00 e. The van der Waals surface area contributed by atoms with Crippen LogP contribution in [0, 0.1) is 11.7 Å². The summed E-state index contributed by atoms with van der Waals surface area (Å²) in [6, 6.07) is 15.4. The zero-order valence-electron chi connectivity index (χ0n) is 20.1. The fourth-order valence-corrected chi connectivity index (χ4v) is 6.13. The van der Waals surface area contributed by atoms with Crippen molar-refractivity contribution in [2.45, 2.75) is 44.2 Å². The molecule has 188 valence electrons. The quantitative estimate of drug-likeness (QED) is 0.300. The van der Waals surface area contributed by atoms with Crippen molar-refractivity contribution in [1.29, 1.82) is 0 Å². The van der Waals surface area contributed by atoms with Gasteiger partial charge in [0.1, 0.15) is 24.9 Å². The van der Waals surface area contributed by atoms with Crippen LogP contribution < -0.4 is 17.0 Å². The number of carbonyl (C=O) groups is 2. The van der Waals surface area contributed by atoms with Crippen LogP contribution >= 0.6 is 0 Å². The van der Waals surface area contributed by atoms with E-state index in [0.29, 0.717) is 29.1 Å². The number of rotatable bonds is 7. The van der Waals surface area contributed by atoms with Crippen LogP contribution in [0.25, 0.3) is 0 Å². The van der Waals surface area contributed by atoms with Crippen LogP contribution in [-0.2, 0) is 9.53 Å². The number of quaternary nitrogens is 1. The molecule has 2 aromatic carbocycles.